The predicted molar refractivity (Wildman–Crippen MR) is 127 cm³/mol. The highest BCUT2D eigenvalue weighted by Gasteiger charge is 2.26. The van der Waals surface area contributed by atoms with E-state index >= 15 is 0 Å². The molecular weight excluding hydrogens is 438 g/mol. The van der Waals surface area contributed by atoms with E-state index in [9.17, 15) is 9.59 Å². The quantitative estimate of drug-likeness (QED) is 0.518. The van der Waals surface area contributed by atoms with Crippen molar-refractivity contribution in [3.63, 3.8) is 0 Å². The van der Waals surface area contributed by atoms with Crippen LogP contribution < -0.4 is 10.6 Å². The molecule has 0 aliphatic carbocycles. The van der Waals surface area contributed by atoms with Gasteiger partial charge in [-0.05, 0) is 37.5 Å². The molecular formula is C24H29N5O3S. The molecule has 1 aliphatic heterocycles. The summed E-state index contributed by atoms with van der Waals surface area (Å²) in [6, 6.07) is 12.1. The molecule has 1 aromatic carbocycles. The van der Waals surface area contributed by atoms with Crippen LogP contribution in [-0.2, 0) is 22.6 Å². The maximum absolute atomic E-state index is 12.8. The summed E-state index contributed by atoms with van der Waals surface area (Å²) < 4.78 is 10.1. The summed E-state index contributed by atoms with van der Waals surface area (Å²) in [7, 11) is 0. The van der Waals surface area contributed by atoms with Gasteiger partial charge in [-0.15, -0.1) is 0 Å². The van der Waals surface area contributed by atoms with Crippen LogP contribution in [0.15, 0.2) is 47.1 Å². The highest BCUT2D eigenvalue weighted by molar-refractivity contribution is 7.09. The SMILES string of the molecule is Cc1ccc(Cc2nsc(N(CCC(=O)N3CCC(C(N)=O)CC3)Cc3ccco3)n2)cc1. The van der Waals surface area contributed by atoms with Gasteiger partial charge < -0.3 is 20.0 Å². The third kappa shape index (κ3) is 6.19. The Morgan fingerprint density at radius 2 is 1.97 bits per heavy atom. The van der Waals surface area contributed by atoms with Crippen molar-refractivity contribution in [2.75, 3.05) is 24.5 Å². The summed E-state index contributed by atoms with van der Waals surface area (Å²) in [6.45, 7) is 4.24. The van der Waals surface area contributed by atoms with E-state index in [4.69, 9.17) is 15.1 Å². The number of anilines is 1. The third-order valence-electron chi connectivity index (χ3n) is 5.98. The van der Waals surface area contributed by atoms with E-state index in [1.165, 1.54) is 17.1 Å². The summed E-state index contributed by atoms with van der Waals surface area (Å²) in [6.07, 6.45) is 3.93. The van der Waals surface area contributed by atoms with E-state index in [2.05, 4.69) is 35.6 Å². The monoisotopic (exact) mass is 467 g/mol. The molecule has 2 N–H and O–H groups in total. The molecule has 8 nitrogen and oxygen atoms in total. The molecule has 3 heterocycles. The Morgan fingerprint density at radius 3 is 2.64 bits per heavy atom. The minimum Gasteiger partial charge on any atom is -0.467 e. The zero-order valence-corrected chi connectivity index (χ0v) is 19.6. The van der Waals surface area contributed by atoms with Crippen LogP contribution in [0.4, 0.5) is 5.13 Å². The molecule has 2 amide bonds. The number of piperidine rings is 1. The molecule has 2 aromatic heterocycles. The number of hydrogen-bond donors (Lipinski definition) is 1. The normalized spacial score (nSPS) is 14.4. The number of primary amides is 1. The Kier molecular flexibility index (Phi) is 7.39. The second kappa shape index (κ2) is 10.6. The highest BCUT2D eigenvalue weighted by atomic mass is 32.1. The highest BCUT2D eigenvalue weighted by Crippen LogP contribution is 2.23. The number of rotatable bonds is 9. The fourth-order valence-electron chi connectivity index (χ4n) is 3.97. The molecule has 1 aliphatic rings. The number of carbonyl (C=O) groups is 2. The standard InChI is InChI=1S/C24H29N5O3S/c1-17-4-6-18(7-5-17)15-21-26-24(33-27-21)29(16-20-3-2-14-32-20)13-10-22(30)28-11-8-19(9-12-28)23(25)31/h2-7,14,19H,8-13,15-16H2,1H3,(H2,25,31). The van der Waals surface area contributed by atoms with Crippen LogP contribution in [0.2, 0.25) is 0 Å². The number of nitrogens with two attached hydrogens (primary N) is 1. The molecule has 0 radical (unpaired) electrons. The maximum atomic E-state index is 12.8. The van der Waals surface area contributed by atoms with Gasteiger partial charge >= 0.3 is 0 Å². The van der Waals surface area contributed by atoms with Crippen LogP contribution in [0.3, 0.4) is 0 Å². The number of nitrogens with zero attached hydrogens (tertiary/aromatic N) is 4. The van der Waals surface area contributed by atoms with Crippen molar-refractivity contribution < 1.29 is 14.0 Å². The molecule has 4 rings (SSSR count). The number of benzene rings is 1. The van der Waals surface area contributed by atoms with Crippen LogP contribution in [0.1, 0.15) is 42.0 Å². The summed E-state index contributed by atoms with van der Waals surface area (Å²) in [5, 5.41) is 0.772. The fraction of sp³-hybridized carbons (Fsp3) is 0.417. The number of carbonyl (C=O) groups excluding carboxylic acids is 2. The maximum Gasteiger partial charge on any atom is 0.224 e. The summed E-state index contributed by atoms with van der Waals surface area (Å²) in [4.78, 5) is 32.8. The predicted octanol–water partition coefficient (Wildman–Crippen LogP) is 3.15. The van der Waals surface area contributed by atoms with Crippen molar-refractivity contribution in [2.45, 2.75) is 39.2 Å². The van der Waals surface area contributed by atoms with Crippen LogP contribution >= 0.6 is 11.5 Å². The van der Waals surface area contributed by atoms with Crippen LogP contribution in [0, 0.1) is 12.8 Å². The zero-order valence-electron chi connectivity index (χ0n) is 18.8. The molecule has 9 heteroatoms. The Labute approximate surface area is 197 Å². The number of hydrogen-bond acceptors (Lipinski definition) is 7. The smallest absolute Gasteiger partial charge is 0.224 e. The first kappa shape index (κ1) is 23.0. The van der Waals surface area contributed by atoms with E-state index in [-0.39, 0.29) is 17.7 Å². The van der Waals surface area contributed by atoms with E-state index in [0.29, 0.717) is 51.9 Å². The molecule has 0 unspecified atom stereocenters. The molecule has 0 atom stereocenters. The Hall–Kier alpha value is -3.20. The van der Waals surface area contributed by atoms with E-state index in [1.807, 2.05) is 21.9 Å². The largest absolute Gasteiger partial charge is 0.467 e. The van der Waals surface area contributed by atoms with Gasteiger partial charge in [0, 0.05) is 49.9 Å². The molecule has 33 heavy (non-hydrogen) atoms. The van der Waals surface area contributed by atoms with Crippen molar-refractivity contribution in [2.24, 2.45) is 11.7 Å². The molecule has 3 aromatic rings. The molecule has 1 fully saturated rings. The molecule has 1 saturated heterocycles. The van der Waals surface area contributed by atoms with Gasteiger partial charge in [0.25, 0.3) is 0 Å². The van der Waals surface area contributed by atoms with Crippen LogP contribution in [-0.4, -0.2) is 45.7 Å². The van der Waals surface area contributed by atoms with Crippen molar-refractivity contribution in [3.05, 3.63) is 65.4 Å². The topological polar surface area (TPSA) is 106 Å². The van der Waals surface area contributed by atoms with Gasteiger partial charge in [-0.1, -0.05) is 29.8 Å². The molecule has 174 valence electrons. The van der Waals surface area contributed by atoms with Gasteiger partial charge in [0.2, 0.25) is 16.9 Å². The third-order valence-corrected chi connectivity index (χ3v) is 6.80. The number of likely N-dealkylation sites (tertiary alicyclic amines) is 1. The first-order chi connectivity index (χ1) is 16.0. The zero-order chi connectivity index (χ0) is 23.2. The van der Waals surface area contributed by atoms with Crippen molar-refractivity contribution >= 4 is 28.5 Å². The Balaban J connectivity index is 1.39. The molecule has 0 bridgehead atoms. The lowest BCUT2D eigenvalue weighted by atomic mass is 9.96. The van der Waals surface area contributed by atoms with Gasteiger partial charge in [0.05, 0.1) is 12.8 Å². The second-order valence-electron chi connectivity index (χ2n) is 8.46. The Bertz CT molecular complexity index is 1060. The van der Waals surface area contributed by atoms with Crippen molar-refractivity contribution in [3.8, 4) is 0 Å². The lowest BCUT2D eigenvalue weighted by molar-refractivity contribution is -0.134. The average Bonchev–Trinajstić information content (AvgIpc) is 3.50. The van der Waals surface area contributed by atoms with Gasteiger partial charge in [0.15, 0.2) is 0 Å². The number of furan rings is 1. The van der Waals surface area contributed by atoms with E-state index in [0.717, 1.165) is 22.3 Å². The Morgan fingerprint density at radius 1 is 1.21 bits per heavy atom. The first-order valence-corrected chi connectivity index (χ1v) is 12.0. The number of aromatic nitrogens is 2. The first-order valence-electron chi connectivity index (χ1n) is 11.2. The lowest BCUT2D eigenvalue weighted by Crippen LogP contribution is -2.42. The number of aryl methyl sites for hydroxylation is 1. The fourth-order valence-corrected chi connectivity index (χ4v) is 4.68. The van der Waals surface area contributed by atoms with Gasteiger partial charge in [-0.3, -0.25) is 9.59 Å². The van der Waals surface area contributed by atoms with Gasteiger partial charge in [0.1, 0.15) is 11.6 Å². The van der Waals surface area contributed by atoms with E-state index in [1.54, 1.807) is 6.26 Å². The number of amides is 2. The van der Waals surface area contributed by atoms with Crippen molar-refractivity contribution in [1.29, 1.82) is 0 Å². The average molecular weight is 468 g/mol. The van der Waals surface area contributed by atoms with Crippen LogP contribution in [0.5, 0.6) is 0 Å². The minimum absolute atomic E-state index is 0.0757. The molecule has 0 spiro atoms. The van der Waals surface area contributed by atoms with Crippen LogP contribution in [0.25, 0.3) is 0 Å². The van der Waals surface area contributed by atoms with Gasteiger partial charge in [-0.2, -0.15) is 4.37 Å². The summed E-state index contributed by atoms with van der Waals surface area (Å²) in [5.41, 5.74) is 7.79. The lowest BCUT2D eigenvalue weighted by Gasteiger charge is -2.31. The van der Waals surface area contributed by atoms with Crippen molar-refractivity contribution in [1.82, 2.24) is 14.3 Å². The summed E-state index contributed by atoms with van der Waals surface area (Å²) >= 11 is 1.34. The summed E-state index contributed by atoms with van der Waals surface area (Å²) in [5.74, 6) is 1.25. The second-order valence-corrected chi connectivity index (χ2v) is 9.19. The van der Waals surface area contributed by atoms with Gasteiger partial charge in [-0.25, -0.2) is 4.98 Å². The van der Waals surface area contributed by atoms with E-state index < -0.39 is 0 Å². The molecule has 0 saturated carbocycles. The minimum atomic E-state index is -0.274.